The molecule has 1 aliphatic rings. The highest BCUT2D eigenvalue weighted by atomic mass is 35.5. The molecular weight excluding hydrogens is 247 g/mol. The smallest absolute Gasteiger partial charge is 0.120 e. The first-order valence-corrected chi connectivity index (χ1v) is 5.06. The van der Waals surface area contributed by atoms with E-state index in [2.05, 4.69) is 10.2 Å². The Morgan fingerprint density at radius 2 is 1.75 bits per heavy atom. The Morgan fingerprint density at radius 1 is 1.12 bits per heavy atom. The summed E-state index contributed by atoms with van der Waals surface area (Å²) in [5.41, 5.74) is 1.02. The van der Waals surface area contributed by atoms with Gasteiger partial charge in [0.25, 0.3) is 0 Å². The van der Waals surface area contributed by atoms with E-state index in [1.165, 1.54) is 0 Å². The number of hydrogen-bond donors (Lipinski definition) is 2. The summed E-state index contributed by atoms with van der Waals surface area (Å²) in [4.78, 5) is 2.35. The summed E-state index contributed by atoms with van der Waals surface area (Å²) in [5, 5.41) is 12.9. The van der Waals surface area contributed by atoms with Gasteiger partial charge in [-0.1, -0.05) is 18.2 Å². The van der Waals surface area contributed by atoms with E-state index < -0.39 is 0 Å². The van der Waals surface area contributed by atoms with Crippen molar-refractivity contribution in [3.63, 3.8) is 0 Å². The molecule has 2 N–H and O–H groups in total. The highest BCUT2D eigenvalue weighted by Gasteiger charge is 2.11. The summed E-state index contributed by atoms with van der Waals surface area (Å²) >= 11 is 0. The molecule has 0 amide bonds. The van der Waals surface area contributed by atoms with Crippen molar-refractivity contribution < 1.29 is 5.11 Å². The minimum atomic E-state index is 0. The van der Waals surface area contributed by atoms with Gasteiger partial charge < -0.3 is 10.4 Å². The van der Waals surface area contributed by atoms with Crippen LogP contribution in [-0.4, -0.2) is 36.2 Å². The summed E-state index contributed by atoms with van der Waals surface area (Å²) in [6, 6.07) is 7.56. The number of phenols is 1. The Hall–Kier alpha value is -0.480. The topological polar surface area (TPSA) is 35.5 Å². The van der Waals surface area contributed by atoms with Gasteiger partial charge in [0.15, 0.2) is 0 Å². The fourth-order valence-corrected chi connectivity index (χ4v) is 1.75. The van der Waals surface area contributed by atoms with Gasteiger partial charge in [-0.25, -0.2) is 0 Å². The lowest BCUT2D eigenvalue weighted by Crippen LogP contribution is -2.42. The van der Waals surface area contributed by atoms with E-state index in [0.29, 0.717) is 5.75 Å². The van der Waals surface area contributed by atoms with E-state index in [4.69, 9.17) is 0 Å². The molecule has 0 aromatic heterocycles. The zero-order valence-corrected chi connectivity index (χ0v) is 10.7. The first-order chi connectivity index (χ1) is 6.86. The molecule has 1 saturated heterocycles. The van der Waals surface area contributed by atoms with Gasteiger partial charge in [-0.2, -0.15) is 0 Å². The van der Waals surface area contributed by atoms with E-state index >= 15 is 0 Å². The Kier molecular flexibility index (Phi) is 7.51. The number of piperazine rings is 1. The molecule has 0 saturated carbocycles. The summed E-state index contributed by atoms with van der Waals surface area (Å²) in [6.07, 6.45) is 0. The Balaban J connectivity index is 0.00000112. The molecule has 92 valence electrons. The second kappa shape index (κ2) is 7.74. The van der Waals surface area contributed by atoms with E-state index in [1.807, 2.05) is 18.2 Å². The van der Waals surface area contributed by atoms with Crippen molar-refractivity contribution >= 4 is 24.8 Å². The van der Waals surface area contributed by atoms with Crippen molar-refractivity contribution in [1.29, 1.82) is 0 Å². The lowest BCUT2D eigenvalue weighted by Gasteiger charge is -2.27. The van der Waals surface area contributed by atoms with Crippen LogP contribution in [0.1, 0.15) is 5.56 Å². The summed E-state index contributed by atoms with van der Waals surface area (Å²) in [7, 11) is 0. The molecule has 3 nitrogen and oxygen atoms in total. The Bertz CT molecular complexity index is 304. The molecule has 1 aromatic rings. The SMILES string of the molecule is Cl.Cl.Oc1ccccc1CN1CCNCC1. The molecule has 1 aromatic carbocycles. The predicted octanol–water partition coefficient (Wildman–Crippen LogP) is 1.64. The molecule has 0 radical (unpaired) electrons. The maximum Gasteiger partial charge on any atom is 0.120 e. The first kappa shape index (κ1) is 15.5. The number of aromatic hydroxyl groups is 1. The van der Waals surface area contributed by atoms with Gasteiger partial charge >= 0.3 is 0 Å². The number of rotatable bonds is 2. The van der Waals surface area contributed by atoms with Crippen molar-refractivity contribution in [3.05, 3.63) is 29.8 Å². The molecule has 0 atom stereocenters. The molecule has 0 bridgehead atoms. The van der Waals surface area contributed by atoms with Crippen molar-refractivity contribution in [3.8, 4) is 5.75 Å². The zero-order valence-electron chi connectivity index (χ0n) is 9.06. The van der Waals surface area contributed by atoms with Crippen LogP contribution < -0.4 is 5.32 Å². The Labute approximate surface area is 109 Å². The lowest BCUT2D eigenvalue weighted by molar-refractivity contribution is 0.230. The highest BCUT2D eigenvalue weighted by Crippen LogP contribution is 2.17. The van der Waals surface area contributed by atoms with E-state index in [9.17, 15) is 5.11 Å². The van der Waals surface area contributed by atoms with Gasteiger partial charge in [0.05, 0.1) is 0 Å². The second-order valence-electron chi connectivity index (χ2n) is 3.65. The summed E-state index contributed by atoms with van der Waals surface area (Å²) in [6.45, 7) is 5.08. The number of phenolic OH excluding ortho intramolecular Hbond substituents is 1. The molecule has 0 unspecified atom stereocenters. The number of hydrogen-bond acceptors (Lipinski definition) is 3. The van der Waals surface area contributed by atoms with Crippen molar-refractivity contribution in [2.24, 2.45) is 0 Å². The van der Waals surface area contributed by atoms with Gasteiger partial charge in [-0.05, 0) is 6.07 Å². The molecule has 1 heterocycles. The van der Waals surface area contributed by atoms with Crippen LogP contribution in [0.15, 0.2) is 24.3 Å². The fraction of sp³-hybridized carbons (Fsp3) is 0.455. The van der Waals surface area contributed by atoms with Crippen molar-refractivity contribution in [1.82, 2.24) is 10.2 Å². The van der Waals surface area contributed by atoms with Gasteiger partial charge in [0, 0.05) is 38.3 Å². The average molecular weight is 265 g/mol. The number of para-hydroxylation sites is 1. The largest absolute Gasteiger partial charge is 0.508 e. The van der Waals surface area contributed by atoms with Crippen LogP contribution in [0.5, 0.6) is 5.75 Å². The maximum absolute atomic E-state index is 9.60. The minimum absolute atomic E-state index is 0. The quantitative estimate of drug-likeness (QED) is 0.853. The normalized spacial score (nSPS) is 16.0. The molecule has 1 aliphatic heterocycles. The van der Waals surface area contributed by atoms with Crippen LogP contribution in [0.3, 0.4) is 0 Å². The van der Waals surface area contributed by atoms with Crippen molar-refractivity contribution in [2.75, 3.05) is 26.2 Å². The molecule has 0 spiro atoms. The predicted molar refractivity (Wildman–Crippen MR) is 70.7 cm³/mol. The average Bonchev–Trinajstić information content (AvgIpc) is 2.23. The van der Waals surface area contributed by atoms with Gasteiger partial charge in [0.1, 0.15) is 5.75 Å². The molecule has 0 aliphatic carbocycles. The van der Waals surface area contributed by atoms with Crippen LogP contribution >= 0.6 is 24.8 Å². The van der Waals surface area contributed by atoms with E-state index in [0.717, 1.165) is 38.3 Å². The molecule has 5 heteroatoms. The molecular formula is C11H18Cl2N2O. The molecule has 2 rings (SSSR count). The van der Waals surface area contributed by atoms with Crippen LogP contribution in [0.25, 0.3) is 0 Å². The summed E-state index contributed by atoms with van der Waals surface area (Å²) < 4.78 is 0. The molecule has 1 fully saturated rings. The van der Waals surface area contributed by atoms with Crippen LogP contribution in [-0.2, 0) is 6.54 Å². The van der Waals surface area contributed by atoms with Gasteiger partial charge in [0.2, 0.25) is 0 Å². The fourth-order valence-electron chi connectivity index (χ4n) is 1.75. The van der Waals surface area contributed by atoms with E-state index in [-0.39, 0.29) is 24.8 Å². The van der Waals surface area contributed by atoms with Crippen LogP contribution in [0, 0.1) is 0 Å². The Morgan fingerprint density at radius 3 is 2.38 bits per heavy atom. The number of nitrogens with zero attached hydrogens (tertiary/aromatic N) is 1. The second-order valence-corrected chi connectivity index (χ2v) is 3.65. The van der Waals surface area contributed by atoms with Gasteiger partial charge in [-0.3, -0.25) is 4.90 Å². The number of nitrogens with one attached hydrogen (secondary N) is 1. The maximum atomic E-state index is 9.60. The third-order valence-electron chi connectivity index (χ3n) is 2.60. The van der Waals surface area contributed by atoms with Gasteiger partial charge in [-0.15, -0.1) is 24.8 Å². The molecule has 16 heavy (non-hydrogen) atoms. The summed E-state index contributed by atoms with van der Waals surface area (Å²) in [5.74, 6) is 0.408. The van der Waals surface area contributed by atoms with Crippen LogP contribution in [0.4, 0.5) is 0 Å². The third kappa shape index (κ3) is 4.18. The third-order valence-corrected chi connectivity index (χ3v) is 2.60. The van der Waals surface area contributed by atoms with Crippen molar-refractivity contribution in [2.45, 2.75) is 6.54 Å². The lowest BCUT2D eigenvalue weighted by atomic mass is 10.2. The number of benzene rings is 1. The minimum Gasteiger partial charge on any atom is -0.508 e. The standard InChI is InChI=1S/C11H16N2O.2ClH/c14-11-4-2-1-3-10(11)9-13-7-5-12-6-8-13;;/h1-4,12,14H,5-9H2;2*1H. The zero-order chi connectivity index (χ0) is 9.80. The highest BCUT2D eigenvalue weighted by molar-refractivity contribution is 5.85. The number of halogens is 2. The van der Waals surface area contributed by atoms with Crippen LogP contribution in [0.2, 0.25) is 0 Å². The van der Waals surface area contributed by atoms with E-state index in [1.54, 1.807) is 6.07 Å². The monoisotopic (exact) mass is 264 g/mol. The first-order valence-electron chi connectivity index (χ1n) is 5.06.